The zero-order valence-corrected chi connectivity index (χ0v) is 19.6. The van der Waals surface area contributed by atoms with Gasteiger partial charge in [-0.3, -0.25) is 9.69 Å². The first kappa shape index (κ1) is 28.6. The van der Waals surface area contributed by atoms with Gasteiger partial charge in [-0.25, -0.2) is 9.18 Å². The monoisotopic (exact) mass is 540 g/mol. The number of alkyl halides is 3. The third-order valence-corrected chi connectivity index (χ3v) is 5.50. The number of nitrogens with zero attached hydrogens (tertiary/aromatic N) is 1. The highest BCUT2D eigenvalue weighted by molar-refractivity contribution is 6.42. The van der Waals surface area contributed by atoms with Gasteiger partial charge in [-0.05, 0) is 35.4 Å². The van der Waals surface area contributed by atoms with Crippen molar-refractivity contribution in [1.82, 2.24) is 10.2 Å². The molecule has 13 heteroatoms. The van der Waals surface area contributed by atoms with Crippen molar-refractivity contribution >= 4 is 35.1 Å². The summed E-state index contributed by atoms with van der Waals surface area (Å²) in [6, 6.07) is 9.50. The Hall–Kier alpha value is -2.60. The molecular formula is C22H22Cl2F4N2O5. The number of ether oxygens (including phenoxy) is 1. The van der Waals surface area contributed by atoms with E-state index in [0.717, 1.165) is 24.7 Å². The van der Waals surface area contributed by atoms with Crippen LogP contribution < -0.4 is 5.32 Å². The van der Waals surface area contributed by atoms with Gasteiger partial charge in [0.05, 0.1) is 29.2 Å². The van der Waals surface area contributed by atoms with Gasteiger partial charge in [0.1, 0.15) is 0 Å². The van der Waals surface area contributed by atoms with Crippen LogP contribution in [-0.4, -0.2) is 65.5 Å². The van der Waals surface area contributed by atoms with Crippen LogP contribution in [0.3, 0.4) is 0 Å². The molecule has 192 valence electrons. The average molecular weight is 541 g/mol. The molecule has 3 N–H and O–H groups in total. The molecule has 1 aliphatic rings. The zero-order chi connectivity index (χ0) is 26.2. The lowest BCUT2D eigenvalue weighted by Crippen LogP contribution is -2.47. The largest absolute Gasteiger partial charge is 0.505 e. The Morgan fingerprint density at radius 2 is 1.77 bits per heavy atom. The van der Waals surface area contributed by atoms with Crippen LogP contribution in [0.25, 0.3) is 0 Å². The molecule has 7 nitrogen and oxygen atoms in total. The van der Waals surface area contributed by atoms with E-state index in [2.05, 4.69) is 10.2 Å². The first-order valence-electron chi connectivity index (χ1n) is 10.2. The number of halogens is 6. The van der Waals surface area contributed by atoms with Gasteiger partial charge in [-0.15, -0.1) is 0 Å². The van der Waals surface area contributed by atoms with Crippen LogP contribution in [0, 0.1) is 5.82 Å². The van der Waals surface area contributed by atoms with Crippen molar-refractivity contribution in [2.24, 2.45) is 0 Å². The number of phenolic OH excluding ortho intramolecular Hbond substituents is 1. The van der Waals surface area contributed by atoms with E-state index in [1.165, 1.54) is 12.1 Å². The first-order valence-corrected chi connectivity index (χ1v) is 10.9. The molecule has 0 aromatic heterocycles. The minimum Gasteiger partial charge on any atom is -0.505 e. The number of phenols is 1. The molecule has 1 amide bonds. The maximum absolute atomic E-state index is 13.4. The second-order valence-corrected chi connectivity index (χ2v) is 8.36. The molecule has 2 aromatic carbocycles. The smallest absolute Gasteiger partial charge is 0.490 e. The molecule has 3 rings (SSSR count). The molecule has 0 aliphatic carbocycles. The molecule has 0 radical (unpaired) electrons. The van der Waals surface area contributed by atoms with Crippen molar-refractivity contribution < 1.29 is 42.1 Å². The predicted molar refractivity (Wildman–Crippen MR) is 120 cm³/mol. The fraction of sp³-hybridized carbons (Fsp3) is 0.364. The van der Waals surface area contributed by atoms with E-state index >= 15 is 0 Å². The van der Waals surface area contributed by atoms with E-state index < -0.39 is 23.7 Å². The maximum atomic E-state index is 13.4. The maximum Gasteiger partial charge on any atom is 0.490 e. The number of rotatable bonds is 6. The number of morpholine rings is 1. The molecule has 1 unspecified atom stereocenters. The molecule has 0 saturated carbocycles. The number of carboxylic acids is 1. The Balaban J connectivity index is 0.000000540. The molecular weight excluding hydrogens is 519 g/mol. The lowest BCUT2D eigenvalue weighted by Gasteiger charge is -2.33. The zero-order valence-electron chi connectivity index (χ0n) is 18.1. The van der Waals surface area contributed by atoms with Crippen molar-refractivity contribution in [2.75, 3.05) is 26.2 Å². The number of aliphatic carboxylic acids is 1. The normalized spacial score (nSPS) is 16.2. The van der Waals surface area contributed by atoms with Crippen molar-refractivity contribution in [1.29, 1.82) is 0 Å². The average Bonchev–Trinajstić information content (AvgIpc) is 2.77. The van der Waals surface area contributed by atoms with Gasteiger partial charge < -0.3 is 20.3 Å². The summed E-state index contributed by atoms with van der Waals surface area (Å²) >= 11 is 12.0. The summed E-state index contributed by atoms with van der Waals surface area (Å²) in [7, 11) is 0. The Morgan fingerprint density at radius 3 is 2.37 bits per heavy atom. The van der Waals surface area contributed by atoms with Gasteiger partial charge in [0.25, 0.3) is 0 Å². The van der Waals surface area contributed by atoms with Crippen molar-refractivity contribution in [2.45, 2.75) is 25.2 Å². The van der Waals surface area contributed by atoms with Crippen LogP contribution in [0.4, 0.5) is 17.6 Å². The summed E-state index contributed by atoms with van der Waals surface area (Å²) in [4.78, 5) is 23.2. The number of hydrogen-bond acceptors (Lipinski definition) is 5. The highest BCUT2D eigenvalue weighted by Crippen LogP contribution is 2.23. The van der Waals surface area contributed by atoms with Crippen molar-refractivity contribution in [3.8, 4) is 5.75 Å². The molecule has 35 heavy (non-hydrogen) atoms. The molecule has 0 spiro atoms. The lowest BCUT2D eigenvalue weighted by molar-refractivity contribution is -0.192. The van der Waals surface area contributed by atoms with Crippen molar-refractivity contribution in [3.63, 3.8) is 0 Å². The van der Waals surface area contributed by atoms with Crippen LogP contribution >= 0.6 is 23.2 Å². The number of carbonyl (C=O) groups excluding carboxylic acids is 1. The molecule has 1 atom stereocenters. The number of aromatic hydroxyl groups is 1. The predicted octanol–water partition coefficient (Wildman–Crippen LogP) is 4.03. The fourth-order valence-electron chi connectivity index (χ4n) is 3.08. The van der Waals surface area contributed by atoms with Gasteiger partial charge in [-0.1, -0.05) is 35.3 Å². The molecule has 1 aliphatic heterocycles. The van der Waals surface area contributed by atoms with E-state index in [4.69, 9.17) is 37.8 Å². The number of hydrogen-bond donors (Lipinski definition) is 3. The van der Waals surface area contributed by atoms with E-state index in [0.29, 0.717) is 35.3 Å². The van der Waals surface area contributed by atoms with E-state index in [1.807, 2.05) is 12.1 Å². The minimum atomic E-state index is -5.08. The molecule has 0 bridgehead atoms. The van der Waals surface area contributed by atoms with Crippen LogP contribution in [0.15, 0.2) is 36.4 Å². The Labute approximate surface area is 208 Å². The number of nitrogens with one attached hydrogen (secondary N) is 1. The Kier molecular flexibility index (Phi) is 10.6. The second kappa shape index (κ2) is 12.9. The van der Waals surface area contributed by atoms with Gasteiger partial charge in [0, 0.05) is 26.2 Å². The summed E-state index contributed by atoms with van der Waals surface area (Å²) in [5.74, 6) is -4.15. The summed E-state index contributed by atoms with van der Waals surface area (Å²) in [6.45, 7) is 3.13. The number of carbonyl (C=O) groups is 2. The van der Waals surface area contributed by atoms with Crippen molar-refractivity contribution in [3.05, 3.63) is 63.4 Å². The van der Waals surface area contributed by atoms with Gasteiger partial charge in [0.15, 0.2) is 11.6 Å². The number of benzene rings is 2. The minimum absolute atomic E-state index is 0.0386. The van der Waals surface area contributed by atoms with Crippen LogP contribution in [0.1, 0.15) is 11.1 Å². The quantitative estimate of drug-likeness (QED) is 0.478. The summed E-state index contributed by atoms with van der Waals surface area (Å²) in [5.41, 5.74) is 1.56. The second-order valence-electron chi connectivity index (χ2n) is 7.55. The van der Waals surface area contributed by atoms with Crippen LogP contribution in [-0.2, 0) is 27.3 Å². The first-order chi connectivity index (χ1) is 16.3. The third kappa shape index (κ3) is 9.88. The number of amides is 1. The van der Waals surface area contributed by atoms with Gasteiger partial charge in [0.2, 0.25) is 5.91 Å². The standard InChI is InChI=1S/C20H21Cl2FN2O3.C2HF3O2/c21-16-3-1-14(7-17(16)22)11-25-5-6-28-15(12-25)10-24-20(27)9-13-2-4-19(26)18(23)8-13;3-2(4,5)1(6)7/h1-4,7-8,15,26H,5-6,9-12H2,(H,24,27);(H,6,7). The fourth-order valence-corrected chi connectivity index (χ4v) is 3.40. The molecule has 2 aromatic rings. The molecule has 1 heterocycles. The summed E-state index contributed by atoms with van der Waals surface area (Å²) < 4.78 is 50.8. The number of carboxylic acid groups (broad SMARTS) is 1. The van der Waals surface area contributed by atoms with E-state index in [1.54, 1.807) is 6.07 Å². The van der Waals surface area contributed by atoms with Crippen LogP contribution in [0.5, 0.6) is 5.75 Å². The highest BCUT2D eigenvalue weighted by Gasteiger charge is 2.38. The summed E-state index contributed by atoms with van der Waals surface area (Å²) in [5, 5.41) is 20.2. The molecule has 1 saturated heterocycles. The Bertz CT molecular complexity index is 1040. The van der Waals surface area contributed by atoms with Crippen LogP contribution in [0.2, 0.25) is 10.0 Å². The molecule has 1 fully saturated rings. The summed E-state index contributed by atoms with van der Waals surface area (Å²) in [6.07, 6.45) is -5.17. The highest BCUT2D eigenvalue weighted by atomic mass is 35.5. The SMILES string of the molecule is O=C(Cc1ccc(O)c(F)c1)NCC1CN(Cc2ccc(Cl)c(Cl)c2)CCO1.O=C(O)C(F)(F)F. The topological polar surface area (TPSA) is 99.1 Å². The van der Waals surface area contributed by atoms with Gasteiger partial charge in [-0.2, -0.15) is 13.2 Å². The lowest BCUT2D eigenvalue weighted by atomic mass is 10.1. The van der Waals surface area contributed by atoms with E-state index in [-0.39, 0.29) is 18.4 Å². The van der Waals surface area contributed by atoms with Gasteiger partial charge >= 0.3 is 12.1 Å². The van der Waals surface area contributed by atoms with E-state index in [9.17, 15) is 27.5 Å². The Morgan fingerprint density at radius 1 is 1.11 bits per heavy atom. The third-order valence-electron chi connectivity index (χ3n) is 4.76.